The Hall–Kier alpha value is -1.12. The van der Waals surface area contributed by atoms with Crippen molar-refractivity contribution in [1.29, 1.82) is 0 Å². The Labute approximate surface area is 90.5 Å². The van der Waals surface area contributed by atoms with E-state index >= 15 is 0 Å². The molecule has 0 unspecified atom stereocenters. The van der Waals surface area contributed by atoms with E-state index in [1.54, 1.807) is 0 Å². The minimum Gasteiger partial charge on any atom is -0.292 e. The smallest absolute Gasteiger partial charge is 0.181 e. The van der Waals surface area contributed by atoms with Crippen LogP contribution in [0.1, 0.15) is 48.8 Å². The molecule has 0 saturated heterocycles. The molecule has 0 aromatic carbocycles. The summed E-state index contributed by atoms with van der Waals surface area (Å²) in [5.41, 5.74) is 1.73. The van der Waals surface area contributed by atoms with Gasteiger partial charge in [0.05, 0.1) is 5.69 Å². The number of hydrogen-bond acceptors (Lipinski definition) is 2. The van der Waals surface area contributed by atoms with Crippen molar-refractivity contribution in [2.45, 2.75) is 46.1 Å². The van der Waals surface area contributed by atoms with E-state index in [4.69, 9.17) is 0 Å². The summed E-state index contributed by atoms with van der Waals surface area (Å²) in [6, 6.07) is 1.91. The van der Waals surface area contributed by atoms with Gasteiger partial charge in [-0.3, -0.25) is 9.48 Å². The normalized spacial score (nSPS) is 16.4. The summed E-state index contributed by atoms with van der Waals surface area (Å²) >= 11 is 0. The van der Waals surface area contributed by atoms with E-state index in [0.717, 1.165) is 17.9 Å². The molecule has 1 aliphatic carbocycles. The Bertz CT molecular complexity index is 364. The van der Waals surface area contributed by atoms with Gasteiger partial charge in [-0.05, 0) is 25.8 Å². The van der Waals surface area contributed by atoms with Crippen molar-refractivity contribution in [2.75, 3.05) is 0 Å². The highest BCUT2D eigenvalue weighted by molar-refractivity contribution is 5.94. The van der Waals surface area contributed by atoms with Crippen LogP contribution in [-0.2, 0) is 6.54 Å². The van der Waals surface area contributed by atoms with Crippen molar-refractivity contribution in [1.82, 2.24) is 9.78 Å². The van der Waals surface area contributed by atoms with Gasteiger partial charge in [0.15, 0.2) is 5.78 Å². The van der Waals surface area contributed by atoms with Crippen LogP contribution in [0.5, 0.6) is 0 Å². The first kappa shape index (κ1) is 10.4. The monoisotopic (exact) mass is 206 g/mol. The third-order valence-electron chi connectivity index (χ3n) is 3.19. The molecule has 1 heterocycles. The summed E-state index contributed by atoms with van der Waals surface area (Å²) in [6.45, 7) is 4.73. The van der Waals surface area contributed by atoms with Crippen LogP contribution in [-0.4, -0.2) is 15.6 Å². The molecule has 1 saturated carbocycles. The van der Waals surface area contributed by atoms with E-state index in [2.05, 4.69) is 5.10 Å². The molecule has 82 valence electrons. The van der Waals surface area contributed by atoms with Crippen LogP contribution in [0.3, 0.4) is 0 Å². The summed E-state index contributed by atoms with van der Waals surface area (Å²) in [4.78, 5) is 12.0. The third-order valence-corrected chi connectivity index (χ3v) is 3.19. The second-order valence-electron chi connectivity index (χ2n) is 4.41. The van der Waals surface area contributed by atoms with Crippen molar-refractivity contribution in [3.05, 3.63) is 17.5 Å². The van der Waals surface area contributed by atoms with Crippen molar-refractivity contribution >= 4 is 5.78 Å². The predicted molar refractivity (Wildman–Crippen MR) is 58.9 cm³/mol. The Kier molecular flexibility index (Phi) is 2.89. The summed E-state index contributed by atoms with van der Waals surface area (Å²) in [7, 11) is 0. The molecule has 2 rings (SSSR count). The molecule has 0 radical (unpaired) electrons. The number of hydrogen-bond donors (Lipinski definition) is 0. The fourth-order valence-electron chi connectivity index (χ4n) is 2.07. The molecule has 3 nitrogen and oxygen atoms in total. The van der Waals surface area contributed by atoms with E-state index in [1.807, 2.05) is 24.6 Å². The van der Waals surface area contributed by atoms with Gasteiger partial charge in [0.2, 0.25) is 0 Å². The van der Waals surface area contributed by atoms with E-state index in [1.165, 1.54) is 19.3 Å². The Morgan fingerprint density at radius 3 is 2.87 bits per heavy atom. The Morgan fingerprint density at radius 1 is 1.60 bits per heavy atom. The van der Waals surface area contributed by atoms with Crippen LogP contribution < -0.4 is 0 Å². The lowest BCUT2D eigenvalue weighted by Gasteiger charge is -2.24. The molecule has 0 amide bonds. The quantitative estimate of drug-likeness (QED) is 0.710. The van der Waals surface area contributed by atoms with Gasteiger partial charge in [-0.25, -0.2) is 0 Å². The molecule has 0 atom stereocenters. The molecule has 15 heavy (non-hydrogen) atoms. The van der Waals surface area contributed by atoms with Gasteiger partial charge in [-0.1, -0.05) is 19.3 Å². The number of aromatic nitrogens is 2. The van der Waals surface area contributed by atoms with Crippen LogP contribution in [0, 0.1) is 12.8 Å². The number of carbonyl (C=O) groups excluding carboxylic acids is 1. The van der Waals surface area contributed by atoms with Crippen molar-refractivity contribution in [3.63, 3.8) is 0 Å². The number of aryl methyl sites for hydroxylation is 2. The zero-order valence-electron chi connectivity index (χ0n) is 9.49. The number of rotatable bonds is 4. The minimum atomic E-state index is 0.266. The molecule has 1 aliphatic rings. The van der Waals surface area contributed by atoms with Crippen molar-refractivity contribution in [3.8, 4) is 0 Å². The van der Waals surface area contributed by atoms with Crippen molar-refractivity contribution in [2.24, 2.45) is 5.92 Å². The topological polar surface area (TPSA) is 34.9 Å². The lowest BCUT2D eigenvalue weighted by Crippen LogP contribution is -2.18. The maximum atomic E-state index is 12.0. The summed E-state index contributed by atoms with van der Waals surface area (Å²) in [5, 5.41) is 4.30. The van der Waals surface area contributed by atoms with Gasteiger partial charge < -0.3 is 0 Å². The summed E-state index contributed by atoms with van der Waals surface area (Å²) < 4.78 is 1.82. The molecule has 1 aromatic heterocycles. The highest BCUT2D eigenvalue weighted by Gasteiger charge is 2.23. The molecule has 1 fully saturated rings. The van der Waals surface area contributed by atoms with Crippen LogP contribution in [0.25, 0.3) is 0 Å². The van der Waals surface area contributed by atoms with E-state index in [9.17, 15) is 4.79 Å². The van der Waals surface area contributed by atoms with Gasteiger partial charge in [0, 0.05) is 13.0 Å². The molecular formula is C12H18N2O. The van der Waals surface area contributed by atoms with Crippen LogP contribution in [0.15, 0.2) is 6.07 Å². The van der Waals surface area contributed by atoms with Crippen molar-refractivity contribution < 1.29 is 4.79 Å². The molecule has 0 aliphatic heterocycles. The average Bonchev–Trinajstić information content (AvgIpc) is 2.53. The van der Waals surface area contributed by atoms with Gasteiger partial charge in [-0.2, -0.15) is 5.10 Å². The fraction of sp³-hybridized carbons (Fsp3) is 0.667. The average molecular weight is 206 g/mol. The first-order valence-corrected chi connectivity index (χ1v) is 5.78. The van der Waals surface area contributed by atoms with E-state index in [-0.39, 0.29) is 5.78 Å². The highest BCUT2D eigenvalue weighted by Crippen LogP contribution is 2.30. The molecule has 1 aromatic rings. The maximum absolute atomic E-state index is 12.0. The zero-order valence-corrected chi connectivity index (χ0v) is 9.49. The molecule has 0 N–H and O–H groups in total. The molecule has 0 bridgehead atoms. The largest absolute Gasteiger partial charge is 0.292 e. The second kappa shape index (κ2) is 4.17. The minimum absolute atomic E-state index is 0.266. The first-order chi connectivity index (χ1) is 7.20. The van der Waals surface area contributed by atoms with Gasteiger partial charge in [0.25, 0.3) is 0 Å². The zero-order chi connectivity index (χ0) is 10.8. The van der Waals surface area contributed by atoms with Gasteiger partial charge in [-0.15, -0.1) is 0 Å². The van der Waals surface area contributed by atoms with Gasteiger partial charge in [0.1, 0.15) is 5.69 Å². The Morgan fingerprint density at radius 2 is 2.33 bits per heavy atom. The number of nitrogens with zero attached hydrogens (tertiary/aromatic N) is 2. The fourth-order valence-corrected chi connectivity index (χ4v) is 2.07. The number of carbonyl (C=O) groups is 1. The molecule has 0 spiro atoms. The highest BCUT2D eigenvalue weighted by atomic mass is 16.1. The van der Waals surface area contributed by atoms with Gasteiger partial charge >= 0.3 is 0 Å². The Balaban J connectivity index is 2.09. The maximum Gasteiger partial charge on any atom is 0.181 e. The summed E-state index contributed by atoms with van der Waals surface area (Å²) in [5.74, 6) is 0.903. The molecule has 3 heteroatoms. The second-order valence-corrected chi connectivity index (χ2v) is 4.41. The lowest BCUT2D eigenvalue weighted by molar-refractivity contribution is 0.0926. The van der Waals surface area contributed by atoms with Crippen LogP contribution >= 0.6 is 0 Å². The van der Waals surface area contributed by atoms with Crippen LogP contribution in [0.2, 0.25) is 0 Å². The number of ketones is 1. The third kappa shape index (κ3) is 2.11. The first-order valence-electron chi connectivity index (χ1n) is 5.78. The van der Waals surface area contributed by atoms with E-state index in [0.29, 0.717) is 12.3 Å². The summed E-state index contributed by atoms with van der Waals surface area (Å²) in [6.07, 6.45) is 4.46. The number of Topliss-reactive ketones (excluding diaryl/α,β-unsaturated/α-hetero) is 1. The lowest BCUT2D eigenvalue weighted by atomic mass is 9.81. The SMILES string of the molecule is CCn1nc(C)cc1C(=O)CC1CCC1. The van der Waals surface area contributed by atoms with E-state index < -0.39 is 0 Å². The predicted octanol–water partition coefficient (Wildman–Crippen LogP) is 2.58. The standard InChI is InChI=1S/C12H18N2O/c1-3-14-11(7-9(2)13-14)12(15)8-10-5-4-6-10/h7,10H,3-6,8H2,1-2H3. The van der Waals surface area contributed by atoms with Crippen LogP contribution in [0.4, 0.5) is 0 Å². The molecular weight excluding hydrogens is 188 g/mol.